The highest BCUT2D eigenvalue weighted by atomic mass is 16.4. The van der Waals surface area contributed by atoms with Gasteiger partial charge in [0.25, 0.3) is 0 Å². The maximum absolute atomic E-state index is 11.2. The highest BCUT2D eigenvalue weighted by molar-refractivity contribution is 5.87. The van der Waals surface area contributed by atoms with Crippen molar-refractivity contribution in [1.29, 1.82) is 0 Å². The van der Waals surface area contributed by atoms with E-state index in [2.05, 4.69) is 0 Å². The normalized spacial score (nSPS) is 47.1. The van der Waals surface area contributed by atoms with Crippen LogP contribution in [0.2, 0.25) is 0 Å². The van der Waals surface area contributed by atoms with Crippen molar-refractivity contribution in [2.24, 2.45) is 17.3 Å². The first-order valence-corrected chi connectivity index (χ1v) is 6.97. The molecule has 18 heavy (non-hydrogen) atoms. The molecule has 4 saturated carbocycles. The Balaban J connectivity index is 2.01. The van der Waals surface area contributed by atoms with Gasteiger partial charge in [-0.25, -0.2) is 4.79 Å². The van der Waals surface area contributed by atoms with Crippen molar-refractivity contribution in [2.75, 3.05) is 0 Å². The van der Waals surface area contributed by atoms with Crippen molar-refractivity contribution in [3.63, 3.8) is 0 Å². The SMILES string of the molecule is CC(C(=O)O)=C(C)C12CC3CC(CC(O)(C3)C1)C2. The van der Waals surface area contributed by atoms with Crippen LogP contribution in [0, 0.1) is 17.3 Å². The Morgan fingerprint density at radius 2 is 1.67 bits per heavy atom. The number of carbonyl (C=O) groups is 1. The number of carboxylic acids is 1. The predicted molar refractivity (Wildman–Crippen MR) is 68.1 cm³/mol. The minimum atomic E-state index is -0.810. The number of aliphatic carboxylic acids is 1. The second-order valence-corrected chi connectivity index (χ2v) is 7.02. The van der Waals surface area contributed by atoms with Crippen LogP contribution in [0.4, 0.5) is 0 Å². The highest BCUT2D eigenvalue weighted by Gasteiger charge is 2.57. The molecule has 0 amide bonds. The van der Waals surface area contributed by atoms with Crippen molar-refractivity contribution in [2.45, 2.75) is 58.0 Å². The van der Waals surface area contributed by atoms with E-state index in [0.29, 0.717) is 17.4 Å². The topological polar surface area (TPSA) is 57.5 Å². The fourth-order valence-corrected chi connectivity index (χ4v) is 5.21. The molecule has 3 nitrogen and oxygen atoms in total. The van der Waals surface area contributed by atoms with Gasteiger partial charge in [0.15, 0.2) is 0 Å². The van der Waals surface area contributed by atoms with E-state index >= 15 is 0 Å². The molecule has 4 aliphatic carbocycles. The number of rotatable bonds is 2. The maximum Gasteiger partial charge on any atom is 0.331 e. The van der Waals surface area contributed by atoms with Gasteiger partial charge in [-0.1, -0.05) is 5.57 Å². The van der Waals surface area contributed by atoms with Crippen molar-refractivity contribution in [3.8, 4) is 0 Å². The third-order valence-corrected chi connectivity index (χ3v) is 5.71. The van der Waals surface area contributed by atoms with E-state index < -0.39 is 11.6 Å². The number of aliphatic hydroxyl groups is 1. The second kappa shape index (κ2) is 3.60. The summed E-state index contributed by atoms with van der Waals surface area (Å²) in [6.07, 6.45) is 6.06. The Labute approximate surface area is 108 Å². The molecular weight excluding hydrogens is 228 g/mol. The smallest absolute Gasteiger partial charge is 0.331 e. The van der Waals surface area contributed by atoms with Gasteiger partial charge in [0, 0.05) is 5.57 Å². The van der Waals surface area contributed by atoms with Crippen LogP contribution in [-0.2, 0) is 4.79 Å². The fourth-order valence-electron chi connectivity index (χ4n) is 5.21. The minimum Gasteiger partial charge on any atom is -0.478 e. The zero-order valence-corrected chi connectivity index (χ0v) is 11.2. The molecule has 0 saturated heterocycles. The number of hydrogen-bond donors (Lipinski definition) is 2. The largest absolute Gasteiger partial charge is 0.478 e. The molecule has 4 rings (SSSR count). The summed E-state index contributed by atoms with van der Waals surface area (Å²) in [5.41, 5.74) is 0.967. The quantitative estimate of drug-likeness (QED) is 0.741. The lowest BCUT2D eigenvalue weighted by molar-refractivity contribution is -0.152. The first-order chi connectivity index (χ1) is 8.34. The van der Waals surface area contributed by atoms with Gasteiger partial charge in [0.2, 0.25) is 0 Å². The van der Waals surface area contributed by atoms with Crippen LogP contribution in [0.15, 0.2) is 11.1 Å². The summed E-state index contributed by atoms with van der Waals surface area (Å²) in [6.45, 7) is 3.68. The van der Waals surface area contributed by atoms with Crippen LogP contribution in [0.3, 0.4) is 0 Å². The third-order valence-electron chi connectivity index (χ3n) is 5.71. The van der Waals surface area contributed by atoms with E-state index in [4.69, 9.17) is 0 Å². The van der Waals surface area contributed by atoms with Gasteiger partial charge in [0.1, 0.15) is 0 Å². The Hall–Kier alpha value is -0.830. The van der Waals surface area contributed by atoms with Gasteiger partial charge in [-0.15, -0.1) is 0 Å². The molecule has 2 N–H and O–H groups in total. The average molecular weight is 250 g/mol. The summed E-state index contributed by atoms with van der Waals surface area (Å²) in [5.74, 6) is 0.399. The number of carboxylic acid groups (broad SMARTS) is 1. The first kappa shape index (κ1) is 12.2. The summed E-state index contributed by atoms with van der Waals surface area (Å²) in [6, 6.07) is 0. The molecule has 2 atom stereocenters. The third kappa shape index (κ3) is 1.63. The Morgan fingerprint density at radius 1 is 1.11 bits per heavy atom. The van der Waals surface area contributed by atoms with Crippen LogP contribution in [0.5, 0.6) is 0 Å². The molecular formula is C15H22O3. The highest BCUT2D eigenvalue weighted by Crippen LogP contribution is 2.64. The zero-order chi connectivity index (χ0) is 13.1. The summed E-state index contributed by atoms with van der Waals surface area (Å²) < 4.78 is 0. The molecule has 0 aromatic carbocycles. The standard InChI is InChI=1S/C15H22O3/c1-9(13(16)17)10(2)14-4-11-3-12(5-14)7-15(18,6-11)8-14/h11-12,18H,3-8H2,1-2H3,(H,16,17). The molecule has 4 fully saturated rings. The molecule has 4 bridgehead atoms. The molecule has 0 aliphatic heterocycles. The van der Waals surface area contributed by atoms with Gasteiger partial charge in [0.05, 0.1) is 5.60 Å². The summed E-state index contributed by atoms with van der Waals surface area (Å²) in [5, 5.41) is 19.9. The van der Waals surface area contributed by atoms with Crippen molar-refractivity contribution in [3.05, 3.63) is 11.1 Å². The molecule has 2 unspecified atom stereocenters. The van der Waals surface area contributed by atoms with Crippen LogP contribution in [0.1, 0.15) is 52.4 Å². The van der Waals surface area contributed by atoms with E-state index in [-0.39, 0.29) is 5.41 Å². The Bertz CT molecular complexity index is 421. The monoisotopic (exact) mass is 250 g/mol. The second-order valence-electron chi connectivity index (χ2n) is 7.02. The molecule has 4 aliphatic rings. The van der Waals surface area contributed by atoms with Crippen molar-refractivity contribution >= 4 is 5.97 Å². The molecule has 0 heterocycles. The van der Waals surface area contributed by atoms with Gasteiger partial charge in [-0.2, -0.15) is 0 Å². The van der Waals surface area contributed by atoms with E-state index in [1.165, 1.54) is 6.42 Å². The lowest BCUT2D eigenvalue weighted by Crippen LogP contribution is -2.56. The first-order valence-electron chi connectivity index (χ1n) is 6.97. The van der Waals surface area contributed by atoms with Crippen molar-refractivity contribution in [1.82, 2.24) is 0 Å². The predicted octanol–water partition coefficient (Wildman–Crippen LogP) is 2.74. The van der Waals surface area contributed by atoms with Gasteiger partial charge < -0.3 is 10.2 Å². The minimum absolute atomic E-state index is 0.0265. The molecule has 0 aromatic rings. The summed E-state index contributed by atoms with van der Waals surface area (Å²) in [4.78, 5) is 11.2. The lowest BCUT2D eigenvalue weighted by Gasteiger charge is -2.61. The summed E-state index contributed by atoms with van der Waals surface area (Å²) in [7, 11) is 0. The van der Waals surface area contributed by atoms with Crippen LogP contribution < -0.4 is 0 Å². The number of allylic oxidation sites excluding steroid dienone is 1. The van der Waals surface area contributed by atoms with E-state index in [0.717, 1.165) is 37.7 Å². The maximum atomic E-state index is 11.2. The van der Waals surface area contributed by atoms with E-state index in [1.807, 2.05) is 6.92 Å². The van der Waals surface area contributed by atoms with Gasteiger partial charge in [-0.05, 0) is 69.6 Å². The molecule has 3 heteroatoms. The van der Waals surface area contributed by atoms with Crippen LogP contribution in [0.25, 0.3) is 0 Å². The number of hydrogen-bond acceptors (Lipinski definition) is 2. The molecule has 0 radical (unpaired) electrons. The van der Waals surface area contributed by atoms with Crippen molar-refractivity contribution < 1.29 is 15.0 Å². The molecule has 100 valence electrons. The fraction of sp³-hybridized carbons (Fsp3) is 0.800. The lowest BCUT2D eigenvalue weighted by atomic mass is 9.46. The average Bonchev–Trinajstić information content (AvgIpc) is 2.23. The van der Waals surface area contributed by atoms with Gasteiger partial charge >= 0.3 is 5.97 Å². The summed E-state index contributed by atoms with van der Waals surface area (Å²) >= 11 is 0. The molecule has 0 spiro atoms. The van der Waals surface area contributed by atoms with Crippen LogP contribution >= 0.6 is 0 Å². The molecule has 0 aromatic heterocycles. The Kier molecular flexibility index (Phi) is 2.44. The van der Waals surface area contributed by atoms with E-state index in [1.54, 1.807) is 6.92 Å². The van der Waals surface area contributed by atoms with E-state index in [9.17, 15) is 15.0 Å². The zero-order valence-electron chi connectivity index (χ0n) is 11.2. The van der Waals surface area contributed by atoms with Gasteiger partial charge in [-0.3, -0.25) is 0 Å². The van der Waals surface area contributed by atoms with Crippen LogP contribution in [-0.4, -0.2) is 21.8 Å². The Morgan fingerprint density at radius 3 is 2.11 bits per heavy atom.